The topological polar surface area (TPSA) is 79.7 Å². The minimum absolute atomic E-state index is 0.0279. The van der Waals surface area contributed by atoms with Gasteiger partial charge in [-0.15, -0.1) is 0 Å². The smallest absolute Gasteiger partial charge is 0.308 e. The largest absolute Gasteiger partial charge is 0.482 e. The number of amides is 1. The Kier molecular flexibility index (Phi) is 3.99. The van der Waals surface area contributed by atoms with E-state index < -0.39 is 11.9 Å². The van der Waals surface area contributed by atoms with Crippen molar-refractivity contribution in [2.45, 2.75) is 6.92 Å². The number of aliphatic carboxylic acids is 1. The highest BCUT2D eigenvalue weighted by atomic mass is 16.5. The molecule has 2 rings (SSSR count). The van der Waals surface area contributed by atoms with Crippen LogP contribution < -0.4 is 4.74 Å². The lowest BCUT2D eigenvalue weighted by atomic mass is 9.99. The van der Waals surface area contributed by atoms with Crippen LogP contribution in [0.1, 0.15) is 6.92 Å². The highest BCUT2D eigenvalue weighted by Gasteiger charge is 2.36. The van der Waals surface area contributed by atoms with Crippen molar-refractivity contribution in [3.63, 3.8) is 0 Å². The maximum absolute atomic E-state index is 11.9. The van der Waals surface area contributed by atoms with Gasteiger partial charge in [-0.1, -0.05) is 6.92 Å². The number of likely N-dealkylation sites (tertiary alicyclic amines) is 1. The average molecular weight is 264 g/mol. The number of hydrogen-bond acceptors (Lipinski definition) is 4. The molecule has 102 valence electrons. The molecule has 0 bridgehead atoms. The van der Waals surface area contributed by atoms with Crippen LogP contribution in [0.15, 0.2) is 24.5 Å². The Morgan fingerprint density at radius 3 is 2.89 bits per heavy atom. The highest BCUT2D eigenvalue weighted by molar-refractivity contribution is 5.80. The SMILES string of the molecule is C[C@@H]1CN(C(=O)COc2cccnc2)C[C@H]1C(=O)O. The van der Waals surface area contributed by atoms with E-state index in [1.807, 2.05) is 6.92 Å². The molecule has 1 N–H and O–H groups in total. The molecule has 0 aromatic carbocycles. The second-order valence-electron chi connectivity index (χ2n) is 4.70. The number of aromatic nitrogens is 1. The molecule has 2 atom stereocenters. The third-order valence-corrected chi connectivity index (χ3v) is 3.28. The fourth-order valence-electron chi connectivity index (χ4n) is 2.16. The molecule has 19 heavy (non-hydrogen) atoms. The van der Waals surface area contributed by atoms with Crippen molar-refractivity contribution in [3.05, 3.63) is 24.5 Å². The first-order valence-corrected chi connectivity index (χ1v) is 6.11. The van der Waals surface area contributed by atoms with E-state index in [0.717, 1.165) is 0 Å². The standard InChI is InChI=1S/C13H16N2O4/c1-9-6-15(7-11(9)13(17)18)12(16)8-19-10-3-2-4-14-5-10/h2-5,9,11H,6-8H2,1H3,(H,17,18)/t9-,11-/m1/s1. The zero-order chi connectivity index (χ0) is 13.8. The number of rotatable bonds is 4. The molecule has 1 amide bonds. The first-order valence-electron chi connectivity index (χ1n) is 6.11. The molecule has 0 aliphatic carbocycles. The summed E-state index contributed by atoms with van der Waals surface area (Å²) in [7, 11) is 0. The predicted molar refractivity (Wildman–Crippen MR) is 66.6 cm³/mol. The van der Waals surface area contributed by atoms with Crippen LogP contribution in [0, 0.1) is 11.8 Å². The monoisotopic (exact) mass is 264 g/mol. The van der Waals surface area contributed by atoms with Crippen molar-refractivity contribution in [1.29, 1.82) is 0 Å². The van der Waals surface area contributed by atoms with Crippen LogP contribution in [-0.2, 0) is 9.59 Å². The zero-order valence-corrected chi connectivity index (χ0v) is 10.7. The van der Waals surface area contributed by atoms with E-state index in [9.17, 15) is 9.59 Å². The van der Waals surface area contributed by atoms with Gasteiger partial charge >= 0.3 is 5.97 Å². The number of carbonyl (C=O) groups excluding carboxylic acids is 1. The number of carbonyl (C=O) groups is 2. The van der Waals surface area contributed by atoms with E-state index in [0.29, 0.717) is 12.3 Å². The van der Waals surface area contributed by atoms with Crippen LogP contribution in [-0.4, -0.2) is 46.6 Å². The van der Waals surface area contributed by atoms with Crippen LogP contribution in [0.5, 0.6) is 5.75 Å². The Labute approximate surface area is 111 Å². The molecule has 6 nitrogen and oxygen atoms in total. The Bertz CT molecular complexity index is 463. The van der Waals surface area contributed by atoms with Crippen LogP contribution in [0.3, 0.4) is 0 Å². The second kappa shape index (κ2) is 5.69. The summed E-state index contributed by atoms with van der Waals surface area (Å²) in [6.07, 6.45) is 3.15. The molecule has 0 unspecified atom stereocenters. The number of hydrogen-bond donors (Lipinski definition) is 1. The number of ether oxygens (including phenoxy) is 1. The quantitative estimate of drug-likeness (QED) is 0.863. The van der Waals surface area contributed by atoms with Crippen molar-refractivity contribution in [1.82, 2.24) is 9.88 Å². The van der Waals surface area contributed by atoms with E-state index in [-0.39, 0.29) is 25.0 Å². The summed E-state index contributed by atoms with van der Waals surface area (Å²) in [5.41, 5.74) is 0. The molecule has 1 saturated heterocycles. The molecule has 2 heterocycles. The van der Waals surface area contributed by atoms with Gasteiger partial charge in [-0.3, -0.25) is 14.6 Å². The summed E-state index contributed by atoms with van der Waals surface area (Å²) in [6, 6.07) is 3.44. The summed E-state index contributed by atoms with van der Waals surface area (Å²) >= 11 is 0. The van der Waals surface area contributed by atoms with Gasteiger partial charge in [0, 0.05) is 19.3 Å². The summed E-state index contributed by atoms with van der Waals surface area (Å²) in [5.74, 6) is -1.03. The maximum atomic E-state index is 11.9. The van der Waals surface area contributed by atoms with Crippen LogP contribution in [0.2, 0.25) is 0 Å². The van der Waals surface area contributed by atoms with Gasteiger partial charge < -0.3 is 14.7 Å². The number of carboxylic acid groups (broad SMARTS) is 1. The normalized spacial score (nSPS) is 22.3. The molecule has 1 aliphatic heterocycles. The lowest BCUT2D eigenvalue weighted by Crippen LogP contribution is -2.33. The molecule has 6 heteroatoms. The molecule has 1 aromatic heterocycles. The summed E-state index contributed by atoms with van der Waals surface area (Å²) in [4.78, 5) is 28.3. The summed E-state index contributed by atoms with van der Waals surface area (Å²) in [6.45, 7) is 2.47. The Morgan fingerprint density at radius 1 is 1.53 bits per heavy atom. The van der Waals surface area contributed by atoms with Crippen molar-refractivity contribution in [2.24, 2.45) is 11.8 Å². The average Bonchev–Trinajstić information content (AvgIpc) is 2.79. The summed E-state index contributed by atoms with van der Waals surface area (Å²) in [5, 5.41) is 9.01. The fraction of sp³-hybridized carbons (Fsp3) is 0.462. The van der Waals surface area contributed by atoms with Gasteiger partial charge in [-0.2, -0.15) is 0 Å². The van der Waals surface area contributed by atoms with E-state index in [4.69, 9.17) is 9.84 Å². The second-order valence-corrected chi connectivity index (χ2v) is 4.70. The van der Waals surface area contributed by atoms with Gasteiger partial charge in [0.1, 0.15) is 5.75 Å². The van der Waals surface area contributed by atoms with Crippen LogP contribution in [0.4, 0.5) is 0 Å². The molecule has 0 saturated carbocycles. The number of pyridine rings is 1. The Morgan fingerprint density at radius 2 is 2.32 bits per heavy atom. The van der Waals surface area contributed by atoms with Gasteiger partial charge in [0.2, 0.25) is 0 Å². The summed E-state index contributed by atoms with van der Waals surface area (Å²) < 4.78 is 5.31. The van der Waals surface area contributed by atoms with Gasteiger partial charge in [0.15, 0.2) is 6.61 Å². The lowest BCUT2D eigenvalue weighted by molar-refractivity contribution is -0.142. The third-order valence-electron chi connectivity index (χ3n) is 3.28. The third kappa shape index (κ3) is 3.21. The minimum atomic E-state index is -0.851. The van der Waals surface area contributed by atoms with Crippen molar-refractivity contribution >= 4 is 11.9 Å². The molecule has 0 spiro atoms. The van der Waals surface area contributed by atoms with E-state index in [1.54, 1.807) is 23.2 Å². The molecular weight excluding hydrogens is 248 g/mol. The van der Waals surface area contributed by atoms with Crippen molar-refractivity contribution in [2.75, 3.05) is 19.7 Å². The molecule has 1 fully saturated rings. The molecule has 1 aliphatic rings. The van der Waals surface area contributed by atoms with Gasteiger partial charge in [0.05, 0.1) is 12.1 Å². The first kappa shape index (κ1) is 13.3. The molecule has 1 aromatic rings. The maximum Gasteiger partial charge on any atom is 0.308 e. The molecule has 0 radical (unpaired) electrons. The van der Waals surface area contributed by atoms with Crippen molar-refractivity contribution in [3.8, 4) is 5.75 Å². The van der Waals surface area contributed by atoms with Gasteiger partial charge in [-0.25, -0.2) is 0 Å². The van der Waals surface area contributed by atoms with E-state index >= 15 is 0 Å². The van der Waals surface area contributed by atoms with Crippen LogP contribution in [0.25, 0.3) is 0 Å². The van der Waals surface area contributed by atoms with Crippen LogP contribution >= 0.6 is 0 Å². The lowest BCUT2D eigenvalue weighted by Gasteiger charge is -2.16. The fourth-order valence-corrected chi connectivity index (χ4v) is 2.16. The predicted octanol–water partition coefficient (Wildman–Crippen LogP) is 0.640. The number of carboxylic acids is 1. The van der Waals surface area contributed by atoms with Gasteiger partial charge in [0.25, 0.3) is 5.91 Å². The Hall–Kier alpha value is -2.11. The van der Waals surface area contributed by atoms with E-state index in [2.05, 4.69) is 4.98 Å². The Balaban J connectivity index is 1.86. The first-order chi connectivity index (χ1) is 9.08. The van der Waals surface area contributed by atoms with Gasteiger partial charge in [-0.05, 0) is 18.1 Å². The minimum Gasteiger partial charge on any atom is -0.482 e. The molecular formula is C13H16N2O4. The zero-order valence-electron chi connectivity index (χ0n) is 10.7. The van der Waals surface area contributed by atoms with E-state index in [1.165, 1.54) is 6.20 Å². The van der Waals surface area contributed by atoms with Crippen molar-refractivity contribution < 1.29 is 19.4 Å². The highest BCUT2D eigenvalue weighted by Crippen LogP contribution is 2.23. The number of nitrogens with zero attached hydrogens (tertiary/aromatic N) is 2.